The molecule has 6 rings (SSSR count). The number of aliphatic hydroxyl groups is 5. The maximum atomic E-state index is 12.5. The van der Waals surface area contributed by atoms with Crippen LogP contribution in [0.1, 0.15) is 53.9 Å². The van der Waals surface area contributed by atoms with Gasteiger partial charge >= 0.3 is 0 Å². The molecule has 2 heterocycles. The third kappa shape index (κ3) is 1.26. The Hall–Kier alpha value is -0.280. The van der Waals surface area contributed by atoms with Gasteiger partial charge in [-0.15, -0.1) is 0 Å². The Balaban J connectivity index is 1.92. The molecule has 28 heavy (non-hydrogen) atoms. The predicted octanol–water partition coefficient (Wildman–Crippen LogP) is 0.159. The molecular weight excluding hydrogens is 364 g/mol. The van der Waals surface area contributed by atoms with Gasteiger partial charge in [-0.3, -0.25) is 0 Å². The summed E-state index contributed by atoms with van der Waals surface area (Å²) in [6.45, 7) is 9.02. The largest absolute Gasteiger partial charge is 0.390 e. The Bertz CT molecular complexity index is 759. The molecule has 0 aromatic rings. The SMILES string of the molecule is CO[C@@H]1[C@@H]2[C@@]3(O)[C@]45O[C@@](O)(C[C@@]2(C)[C@@]4(O)CC[C@H](C)[C@H]5O)[C@@]3(C)[C@@]1(O)C(C)C. The molecule has 0 amide bonds. The number of aliphatic hydroxyl groups excluding tert-OH is 1. The Kier molecular flexibility index (Phi) is 3.26. The number of rotatable bonds is 2. The molecule has 2 aliphatic heterocycles. The van der Waals surface area contributed by atoms with E-state index in [1.54, 1.807) is 6.92 Å². The zero-order chi connectivity index (χ0) is 20.9. The molecule has 160 valence electrons. The molecule has 5 N–H and O–H groups in total. The van der Waals surface area contributed by atoms with Gasteiger partial charge < -0.3 is 35.0 Å². The van der Waals surface area contributed by atoms with Crippen LogP contribution in [0.15, 0.2) is 0 Å². The van der Waals surface area contributed by atoms with Crippen LogP contribution in [-0.4, -0.2) is 73.0 Å². The van der Waals surface area contributed by atoms with Crippen molar-refractivity contribution in [3.63, 3.8) is 0 Å². The van der Waals surface area contributed by atoms with Crippen molar-refractivity contribution in [1.82, 2.24) is 0 Å². The first-order chi connectivity index (χ1) is 12.7. The van der Waals surface area contributed by atoms with Crippen LogP contribution in [0.5, 0.6) is 0 Å². The minimum absolute atomic E-state index is 0.0672. The Labute approximate surface area is 165 Å². The second-order valence-corrected chi connectivity index (χ2v) is 11.0. The number of ether oxygens (including phenoxy) is 2. The van der Waals surface area contributed by atoms with E-state index in [4.69, 9.17) is 9.47 Å². The molecule has 0 aromatic heterocycles. The van der Waals surface area contributed by atoms with E-state index in [1.165, 1.54) is 7.11 Å². The molecule has 1 spiro atoms. The summed E-state index contributed by atoms with van der Waals surface area (Å²) in [4.78, 5) is 0. The van der Waals surface area contributed by atoms with Gasteiger partial charge in [0.1, 0.15) is 16.8 Å². The summed E-state index contributed by atoms with van der Waals surface area (Å²) in [5, 5.41) is 59.8. The van der Waals surface area contributed by atoms with Gasteiger partial charge in [0.2, 0.25) is 0 Å². The van der Waals surface area contributed by atoms with Crippen molar-refractivity contribution in [2.45, 2.75) is 94.3 Å². The van der Waals surface area contributed by atoms with E-state index in [-0.39, 0.29) is 18.3 Å². The van der Waals surface area contributed by atoms with Crippen molar-refractivity contribution in [2.75, 3.05) is 7.11 Å². The Morgan fingerprint density at radius 3 is 2.25 bits per heavy atom. The first-order valence-electron chi connectivity index (χ1n) is 10.5. The van der Waals surface area contributed by atoms with E-state index in [2.05, 4.69) is 0 Å². The molecule has 7 heteroatoms. The first-order valence-corrected chi connectivity index (χ1v) is 10.5. The van der Waals surface area contributed by atoms with Crippen LogP contribution < -0.4 is 0 Å². The standard InChI is InChI=1S/C21H34O7/c1-10(2)19(25)14(27-6)12-15(4)9-18(24)16(19,5)20(12,26)21(28-18)13(22)11(3)7-8-17(15,21)23/h10-14,22-26H,7-9H2,1-6H3/t11-,12-,13+,14+,15+,16-,17-,18-,19+,20-,21+/m0/s1. The lowest BCUT2D eigenvalue weighted by Crippen LogP contribution is -2.75. The highest BCUT2D eigenvalue weighted by Gasteiger charge is 3.05. The third-order valence-electron chi connectivity index (χ3n) is 10.3. The van der Waals surface area contributed by atoms with Gasteiger partial charge in [0, 0.05) is 24.9 Å². The Morgan fingerprint density at radius 1 is 1.11 bits per heavy atom. The van der Waals surface area contributed by atoms with Gasteiger partial charge in [0.05, 0.1) is 17.6 Å². The predicted molar refractivity (Wildman–Crippen MR) is 98.0 cm³/mol. The van der Waals surface area contributed by atoms with Gasteiger partial charge in [-0.1, -0.05) is 27.7 Å². The minimum Gasteiger partial charge on any atom is -0.390 e. The molecule has 0 unspecified atom stereocenters. The average Bonchev–Trinajstić information content (AvgIpc) is 2.87. The van der Waals surface area contributed by atoms with E-state index in [1.807, 2.05) is 27.7 Å². The summed E-state index contributed by atoms with van der Waals surface area (Å²) in [5.41, 5.74) is -9.33. The molecule has 2 saturated heterocycles. The van der Waals surface area contributed by atoms with Crippen molar-refractivity contribution < 1.29 is 35.0 Å². The van der Waals surface area contributed by atoms with E-state index in [9.17, 15) is 25.5 Å². The molecule has 0 radical (unpaired) electrons. The lowest BCUT2D eigenvalue weighted by Gasteiger charge is -2.60. The fraction of sp³-hybridized carbons (Fsp3) is 1.00. The van der Waals surface area contributed by atoms with Gasteiger partial charge in [-0.05, 0) is 31.6 Å². The highest BCUT2D eigenvalue weighted by Crippen LogP contribution is 2.89. The summed E-state index contributed by atoms with van der Waals surface area (Å²) in [5.74, 6) is -3.19. The van der Waals surface area contributed by atoms with E-state index < -0.39 is 57.1 Å². The lowest BCUT2D eigenvalue weighted by atomic mass is 9.54. The van der Waals surface area contributed by atoms with Crippen molar-refractivity contribution in [3.8, 4) is 0 Å². The molecule has 6 bridgehead atoms. The van der Waals surface area contributed by atoms with Crippen LogP contribution in [-0.2, 0) is 9.47 Å². The van der Waals surface area contributed by atoms with Gasteiger partial charge in [0.25, 0.3) is 0 Å². The van der Waals surface area contributed by atoms with Crippen LogP contribution in [0.25, 0.3) is 0 Å². The summed E-state index contributed by atoms with van der Waals surface area (Å²) in [6, 6.07) is 0. The molecule has 11 atom stereocenters. The molecule has 0 aromatic carbocycles. The highest BCUT2D eigenvalue weighted by atomic mass is 16.7. The fourth-order valence-electron chi connectivity index (χ4n) is 9.09. The monoisotopic (exact) mass is 398 g/mol. The maximum absolute atomic E-state index is 12.5. The van der Waals surface area contributed by atoms with Crippen molar-refractivity contribution in [1.29, 1.82) is 0 Å². The summed E-state index contributed by atoms with van der Waals surface area (Å²) in [7, 11) is 1.50. The topological polar surface area (TPSA) is 120 Å². The average molecular weight is 398 g/mol. The van der Waals surface area contributed by atoms with Crippen LogP contribution in [0.2, 0.25) is 0 Å². The zero-order valence-corrected chi connectivity index (χ0v) is 17.6. The summed E-state index contributed by atoms with van der Waals surface area (Å²) in [6.07, 6.45) is -0.996. The molecule has 6 fully saturated rings. The van der Waals surface area contributed by atoms with E-state index in [0.717, 1.165) is 0 Å². The Morgan fingerprint density at radius 2 is 1.71 bits per heavy atom. The number of hydrogen-bond acceptors (Lipinski definition) is 7. The summed E-state index contributed by atoms with van der Waals surface area (Å²) < 4.78 is 12.1. The second-order valence-electron chi connectivity index (χ2n) is 11.0. The maximum Gasteiger partial charge on any atom is 0.178 e. The molecule has 4 aliphatic carbocycles. The van der Waals surface area contributed by atoms with Gasteiger partial charge in [-0.25, -0.2) is 0 Å². The number of methoxy groups -OCH3 is 1. The van der Waals surface area contributed by atoms with Crippen LogP contribution in [0.4, 0.5) is 0 Å². The fourth-order valence-corrected chi connectivity index (χ4v) is 9.09. The normalized spacial score (nSPS) is 69.4. The highest BCUT2D eigenvalue weighted by molar-refractivity contribution is 5.51. The molecular formula is C21H34O7. The number of hydrogen-bond donors (Lipinski definition) is 5. The molecule has 4 saturated carbocycles. The van der Waals surface area contributed by atoms with E-state index >= 15 is 0 Å². The van der Waals surface area contributed by atoms with E-state index in [0.29, 0.717) is 12.8 Å². The minimum atomic E-state index is -1.90. The van der Waals surface area contributed by atoms with Gasteiger partial charge in [-0.2, -0.15) is 0 Å². The molecule has 6 aliphatic rings. The molecule has 7 nitrogen and oxygen atoms in total. The quantitative estimate of drug-likeness (QED) is 0.449. The smallest absolute Gasteiger partial charge is 0.178 e. The summed E-state index contributed by atoms with van der Waals surface area (Å²) >= 11 is 0. The van der Waals surface area contributed by atoms with Crippen LogP contribution in [0, 0.1) is 28.6 Å². The van der Waals surface area contributed by atoms with Crippen LogP contribution >= 0.6 is 0 Å². The first kappa shape index (κ1) is 19.7. The van der Waals surface area contributed by atoms with Crippen LogP contribution in [0.3, 0.4) is 0 Å². The van der Waals surface area contributed by atoms with Gasteiger partial charge in [0.15, 0.2) is 11.4 Å². The van der Waals surface area contributed by atoms with Crippen molar-refractivity contribution in [2.24, 2.45) is 28.6 Å². The zero-order valence-electron chi connectivity index (χ0n) is 17.6. The van der Waals surface area contributed by atoms with Crippen molar-refractivity contribution in [3.05, 3.63) is 0 Å². The lowest BCUT2D eigenvalue weighted by molar-refractivity contribution is -0.385. The third-order valence-corrected chi connectivity index (χ3v) is 10.3. The second kappa shape index (κ2) is 4.64. The van der Waals surface area contributed by atoms with Crippen molar-refractivity contribution >= 4 is 0 Å².